The van der Waals surface area contributed by atoms with Gasteiger partial charge in [0.05, 0.1) is 12.5 Å². The van der Waals surface area contributed by atoms with Crippen molar-refractivity contribution in [1.29, 1.82) is 0 Å². The van der Waals surface area contributed by atoms with E-state index in [9.17, 15) is 28.8 Å². The molecule has 1 rings (SSSR count). The van der Waals surface area contributed by atoms with E-state index in [-0.39, 0.29) is 18.4 Å². The van der Waals surface area contributed by atoms with Gasteiger partial charge in [0.25, 0.3) is 0 Å². The lowest BCUT2D eigenvalue weighted by molar-refractivity contribution is -0.143. The molecule has 198 valence electrons. The minimum absolute atomic E-state index is 0.266. The standard InChI is InChI=1S/C22H39N7O6/c1-10(2)16(27-19(32)12(5)23)21(34)28-17(11(3)4)22(35)29-8-6-7-14(29)20(33)26-13(18(25)31)9-15(24)30/h10-14,16-17H,6-9,23H2,1-5H3,(H2,24,30)(H2,25,31)(H,26,33)(H,27,32)(H,28,34)/t12-,13-,14-,16-,17-/m0/s1. The van der Waals surface area contributed by atoms with Gasteiger partial charge in [0.15, 0.2) is 0 Å². The van der Waals surface area contributed by atoms with Gasteiger partial charge in [-0.25, -0.2) is 0 Å². The summed E-state index contributed by atoms with van der Waals surface area (Å²) in [5, 5.41) is 7.70. The molecule has 1 heterocycles. The predicted octanol–water partition coefficient (Wildman–Crippen LogP) is -2.55. The van der Waals surface area contributed by atoms with Crippen molar-refractivity contribution < 1.29 is 28.8 Å². The van der Waals surface area contributed by atoms with E-state index in [0.29, 0.717) is 12.8 Å². The van der Waals surface area contributed by atoms with Gasteiger partial charge in [-0.2, -0.15) is 0 Å². The summed E-state index contributed by atoms with van der Waals surface area (Å²) < 4.78 is 0. The number of amides is 6. The second-order valence-electron chi connectivity index (χ2n) is 9.57. The molecule has 0 saturated carbocycles. The molecule has 6 amide bonds. The van der Waals surface area contributed by atoms with Crippen LogP contribution >= 0.6 is 0 Å². The molecule has 0 radical (unpaired) electrons. The first-order chi connectivity index (χ1) is 16.2. The number of likely N-dealkylation sites (tertiary alicyclic amines) is 1. The van der Waals surface area contributed by atoms with Gasteiger partial charge in [0.1, 0.15) is 24.2 Å². The zero-order valence-corrected chi connectivity index (χ0v) is 21.0. The summed E-state index contributed by atoms with van der Waals surface area (Å²) >= 11 is 0. The highest BCUT2D eigenvalue weighted by molar-refractivity contribution is 5.96. The molecule has 1 aliphatic heterocycles. The molecule has 1 fully saturated rings. The minimum atomic E-state index is -1.29. The van der Waals surface area contributed by atoms with Gasteiger partial charge in [0.2, 0.25) is 35.4 Å². The van der Waals surface area contributed by atoms with Crippen molar-refractivity contribution in [2.45, 2.75) is 84.1 Å². The first-order valence-electron chi connectivity index (χ1n) is 11.7. The third kappa shape index (κ3) is 8.50. The molecule has 0 aromatic carbocycles. The highest BCUT2D eigenvalue weighted by atomic mass is 16.2. The Kier molecular flexibility index (Phi) is 11.1. The molecule has 5 atom stereocenters. The van der Waals surface area contributed by atoms with Crippen molar-refractivity contribution in [3.8, 4) is 0 Å². The number of carbonyl (C=O) groups is 6. The third-order valence-electron chi connectivity index (χ3n) is 5.79. The average Bonchev–Trinajstić information content (AvgIpc) is 3.23. The van der Waals surface area contributed by atoms with Gasteiger partial charge in [-0.05, 0) is 31.6 Å². The lowest BCUT2D eigenvalue weighted by atomic mass is 9.98. The second-order valence-corrected chi connectivity index (χ2v) is 9.57. The van der Waals surface area contributed by atoms with E-state index in [1.165, 1.54) is 11.8 Å². The number of hydrogen-bond acceptors (Lipinski definition) is 7. The summed E-state index contributed by atoms with van der Waals surface area (Å²) in [4.78, 5) is 75.4. The number of primary amides is 2. The highest BCUT2D eigenvalue weighted by Gasteiger charge is 2.40. The summed E-state index contributed by atoms with van der Waals surface area (Å²) in [7, 11) is 0. The van der Waals surface area contributed by atoms with E-state index >= 15 is 0 Å². The molecule has 0 spiro atoms. The van der Waals surface area contributed by atoms with Crippen LogP contribution in [0.3, 0.4) is 0 Å². The van der Waals surface area contributed by atoms with Gasteiger partial charge in [-0.15, -0.1) is 0 Å². The molecule has 1 aliphatic rings. The smallest absolute Gasteiger partial charge is 0.246 e. The van der Waals surface area contributed by atoms with Gasteiger partial charge >= 0.3 is 0 Å². The number of nitrogens with zero attached hydrogens (tertiary/aromatic N) is 1. The lowest BCUT2D eigenvalue weighted by Gasteiger charge is -2.32. The minimum Gasteiger partial charge on any atom is -0.370 e. The number of nitrogens with one attached hydrogen (secondary N) is 3. The van der Waals surface area contributed by atoms with Crippen LogP contribution in [0.4, 0.5) is 0 Å². The number of hydrogen-bond donors (Lipinski definition) is 6. The van der Waals surface area contributed by atoms with Crippen LogP contribution < -0.4 is 33.2 Å². The third-order valence-corrected chi connectivity index (χ3v) is 5.79. The topological polar surface area (TPSA) is 220 Å². The zero-order chi connectivity index (χ0) is 27.0. The zero-order valence-electron chi connectivity index (χ0n) is 21.0. The highest BCUT2D eigenvalue weighted by Crippen LogP contribution is 2.21. The number of carbonyl (C=O) groups excluding carboxylic acids is 6. The normalized spacial score (nSPS) is 19.0. The van der Waals surface area contributed by atoms with E-state index in [0.717, 1.165) is 0 Å². The molecule has 9 N–H and O–H groups in total. The van der Waals surface area contributed by atoms with Gasteiger partial charge in [-0.3, -0.25) is 28.8 Å². The average molecular weight is 498 g/mol. The van der Waals surface area contributed by atoms with Crippen LogP contribution in [-0.2, 0) is 28.8 Å². The summed E-state index contributed by atoms with van der Waals surface area (Å²) in [6.07, 6.45) is 0.395. The largest absolute Gasteiger partial charge is 0.370 e. The van der Waals surface area contributed by atoms with Crippen LogP contribution in [0.5, 0.6) is 0 Å². The Morgan fingerprint density at radius 3 is 1.86 bits per heavy atom. The SMILES string of the molecule is CC(C)[C@H](NC(=O)[C@H](C)N)C(=O)N[C@H](C(=O)N1CCC[C@H]1C(=O)N[C@@H](CC(N)=O)C(N)=O)C(C)C. The molecule has 0 unspecified atom stereocenters. The Morgan fingerprint density at radius 1 is 0.857 bits per heavy atom. The summed E-state index contributed by atoms with van der Waals surface area (Å²) in [5.74, 6) is -4.50. The van der Waals surface area contributed by atoms with Crippen LogP contribution in [-0.4, -0.2) is 77.1 Å². The maximum atomic E-state index is 13.4. The van der Waals surface area contributed by atoms with Gasteiger partial charge < -0.3 is 38.1 Å². The molecule has 0 bridgehead atoms. The quantitative estimate of drug-likeness (QED) is 0.169. The van der Waals surface area contributed by atoms with Crippen molar-refractivity contribution in [3.63, 3.8) is 0 Å². The number of nitrogens with two attached hydrogens (primary N) is 3. The summed E-state index contributed by atoms with van der Waals surface area (Å²) in [6.45, 7) is 8.75. The van der Waals surface area contributed by atoms with Gasteiger partial charge in [0, 0.05) is 6.54 Å². The van der Waals surface area contributed by atoms with Crippen LogP contribution in [0.15, 0.2) is 0 Å². The molecule has 13 heteroatoms. The van der Waals surface area contributed by atoms with Crippen molar-refractivity contribution in [3.05, 3.63) is 0 Å². The molecule has 35 heavy (non-hydrogen) atoms. The van der Waals surface area contributed by atoms with E-state index in [1.54, 1.807) is 27.7 Å². The molecule has 0 aromatic rings. The van der Waals surface area contributed by atoms with E-state index in [4.69, 9.17) is 17.2 Å². The van der Waals surface area contributed by atoms with E-state index < -0.39 is 72.1 Å². The molecule has 13 nitrogen and oxygen atoms in total. The van der Waals surface area contributed by atoms with Crippen molar-refractivity contribution in [1.82, 2.24) is 20.9 Å². The second kappa shape index (κ2) is 13.0. The Bertz CT molecular complexity index is 829. The van der Waals surface area contributed by atoms with Crippen LogP contribution in [0.1, 0.15) is 53.9 Å². The van der Waals surface area contributed by atoms with Crippen LogP contribution in [0.25, 0.3) is 0 Å². The monoisotopic (exact) mass is 497 g/mol. The maximum absolute atomic E-state index is 13.4. The van der Waals surface area contributed by atoms with Crippen LogP contribution in [0.2, 0.25) is 0 Å². The first-order valence-corrected chi connectivity index (χ1v) is 11.7. The Hall–Kier alpha value is -3.22. The molecule has 0 aliphatic carbocycles. The summed E-state index contributed by atoms with van der Waals surface area (Å²) in [6, 6.07) is -4.89. The Balaban J connectivity index is 3.03. The van der Waals surface area contributed by atoms with Gasteiger partial charge in [-0.1, -0.05) is 27.7 Å². The molecular formula is C22H39N7O6. The fraction of sp³-hybridized carbons (Fsp3) is 0.727. The number of rotatable bonds is 12. The first kappa shape index (κ1) is 29.8. The maximum Gasteiger partial charge on any atom is 0.246 e. The van der Waals surface area contributed by atoms with E-state index in [2.05, 4.69) is 16.0 Å². The van der Waals surface area contributed by atoms with Crippen molar-refractivity contribution in [2.24, 2.45) is 29.0 Å². The molecule has 0 aromatic heterocycles. The van der Waals surface area contributed by atoms with E-state index in [1.807, 2.05) is 0 Å². The van der Waals surface area contributed by atoms with Crippen molar-refractivity contribution in [2.75, 3.05) is 6.54 Å². The van der Waals surface area contributed by atoms with Crippen molar-refractivity contribution >= 4 is 35.4 Å². The molecular weight excluding hydrogens is 458 g/mol. The Labute approximate surface area is 205 Å². The summed E-state index contributed by atoms with van der Waals surface area (Å²) in [5.41, 5.74) is 16.0. The predicted molar refractivity (Wildman–Crippen MR) is 127 cm³/mol. The fourth-order valence-electron chi connectivity index (χ4n) is 3.75. The Morgan fingerprint density at radius 2 is 1.40 bits per heavy atom. The lowest BCUT2D eigenvalue weighted by Crippen LogP contribution is -2.60. The molecule has 1 saturated heterocycles. The fourth-order valence-corrected chi connectivity index (χ4v) is 3.75. The van der Waals surface area contributed by atoms with Crippen LogP contribution in [0, 0.1) is 11.8 Å².